The molecule has 2 aromatic rings. The van der Waals surface area contributed by atoms with E-state index >= 15 is 0 Å². The molecule has 0 atom stereocenters. The van der Waals surface area contributed by atoms with Crippen molar-refractivity contribution < 1.29 is 9.59 Å². The van der Waals surface area contributed by atoms with Crippen LogP contribution < -0.4 is 10.6 Å². The van der Waals surface area contributed by atoms with Crippen LogP contribution >= 0.6 is 0 Å². The van der Waals surface area contributed by atoms with E-state index in [-0.39, 0.29) is 17.7 Å². The van der Waals surface area contributed by atoms with Gasteiger partial charge in [0.05, 0.1) is 0 Å². The number of likely N-dealkylation sites (tertiary alicyclic amines) is 1. The highest BCUT2D eigenvalue weighted by Crippen LogP contribution is 2.19. The maximum Gasteiger partial charge on any atom is 0.255 e. The van der Waals surface area contributed by atoms with Crippen LogP contribution in [0.15, 0.2) is 48.5 Å². The molecule has 1 aliphatic rings. The molecule has 5 nitrogen and oxygen atoms in total. The SMILES string of the molecule is CC1CCN(Cc2ccc(NC(=O)c3ccc(NC(=O)C(C)C)cc3)cc2)CC1. The molecule has 3 rings (SSSR count). The number of nitrogens with one attached hydrogen (secondary N) is 2. The molecule has 0 aliphatic carbocycles. The van der Waals surface area contributed by atoms with Gasteiger partial charge in [-0.2, -0.15) is 0 Å². The van der Waals surface area contributed by atoms with Crippen molar-refractivity contribution in [3.05, 3.63) is 59.7 Å². The Morgan fingerprint density at radius 1 is 0.931 bits per heavy atom. The fraction of sp³-hybridized carbons (Fsp3) is 0.417. The first kappa shape index (κ1) is 21.1. The number of hydrogen-bond donors (Lipinski definition) is 2. The number of carbonyl (C=O) groups excluding carboxylic acids is 2. The van der Waals surface area contributed by atoms with Gasteiger partial charge in [-0.3, -0.25) is 14.5 Å². The first-order chi connectivity index (χ1) is 13.9. The first-order valence-corrected chi connectivity index (χ1v) is 10.4. The molecular weight excluding hydrogens is 362 g/mol. The topological polar surface area (TPSA) is 61.4 Å². The standard InChI is InChI=1S/C24H31N3O2/c1-17(2)23(28)25-22-10-6-20(7-11-22)24(29)26-21-8-4-19(5-9-21)16-27-14-12-18(3)13-15-27/h4-11,17-18H,12-16H2,1-3H3,(H,25,28)(H,26,29). The van der Waals surface area contributed by atoms with E-state index in [4.69, 9.17) is 0 Å². The molecule has 0 radical (unpaired) electrons. The molecule has 0 bridgehead atoms. The van der Waals surface area contributed by atoms with Crippen LogP contribution in [0, 0.1) is 11.8 Å². The number of piperidine rings is 1. The second-order valence-corrected chi connectivity index (χ2v) is 8.33. The predicted octanol–water partition coefficient (Wildman–Crippen LogP) is 4.77. The third-order valence-electron chi connectivity index (χ3n) is 5.43. The number of carbonyl (C=O) groups is 2. The highest BCUT2D eigenvalue weighted by Gasteiger charge is 2.15. The van der Waals surface area contributed by atoms with Crippen molar-refractivity contribution in [3.63, 3.8) is 0 Å². The smallest absolute Gasteiger partial charge is 0.255 e. The minimum atomic E-state index is -0.162. The molecule has 0 unspecified atom stereocenters. The molecule has 1 fully saturated rings. The molecule has 5 heteroatoms. The third-order valence-corrected chi connectivity index (χ3v) is 5.43. The molecule has 0 aromatic heterocycles. The first-order valence-electron chi connectivity index (χ1n) is 10.4. The normalized spacial score (nSPS) is 15.3. The summed E-state index contributed by atoms with van der Waals surface area (Å²) in [4.78, 5) is 26.7. The van der Waals surface area contributed by atoms with Crippen LogP contribution in [0.2, 0.25) is 0 Å². The van der Waals surface area contributed by atoms with Crippen molar-refractivity contribution in [1.29, 1.82) is 0 Å². The summed E-state index contributed by atoms with van der Waals surface area (Å²) in [6, 6.07) is 15.0. The average molecular weight is 394 g/mol. The van der Waals surface area contributed by atoms with Gasteiger partial charge in [0.15, 0.2) is 0 Å². The Balaban J connectivity index is 1.53. The third kappa shape index (κ3) is 6.16. The number of rotatable bonds is 6. The Hall–Kier alpha value is -2.66. The lowest BCUT2D eigenvalue weighted by Crippen LogP contribution is -2.32. The monoisotopic (exact) mass is 393 g/mol. The van der Waals surface area contributed by atoms with Gasteiger partial charge in [0.25, 0.3) is 5.91 Å². The van der Waals surface area contributed by atoms with Crippen LogP contribution in [0.3, 0.4) is 0 Å². The van der Waals surface area contributed by atoms with Crippen LogP contribution in [0.25, 0.3) is 0 Å². The van der Waals surface area contributed by atoms with Crippen LogP contribution in [-0.4, -0.2) is 29.8 Å². The van der Waals surface area contributed by atoms with Crippen LogP contribution in [0.4, 0.5) is 11.4 Å². The number of hydrogen-bond acceptors (Lipinski definition) is 3. The van der Waals surface area contributed by atoms with Crippen molar-refractivity contribution in [3.8, 4) is 0 Å². The van der Waals surface area contributed by atoms with E-state index in [9.17, 15) is 9.59 Å². The van der Waals surface area contributed by atoms with Gasteiger partial charge in [-0.15, -0.1) is 0 Å². The van der Waals surface area contributed by atoms with Gasteiger partial charge in [0.1, 0.15) is 0 Å². The highest BCUT2D eigenvalue weighted by molar-refractivity contribution is 6.04. The van der Waals surface area contributed by atoms with Crippen LogP contribution in [-0.2, 0) is 11.3 Å². The maximum absolute atomic E-state index is 12.5. The zero-order chi connectivity index (χ0) is 20.8. The Bertz CT molecular complexity index is 820. The average Bonchev–Trinajstić information content (AvgIpc) is 2.71. The van der Waals surface area contributed by atoms with E-state index in [1.54, 1.807) is 24.3 Å². The van der Waals surface area contributed by atoms with Crippen LogP contribution in [0.5, 0.6) is 0 Å². The molecule has 1 aliphatic heterocycles. The number of benzene rings is 2. The number of amides is 2. The zero-order valence-electron chi connectivity index (χ0n) is 17.6. The molecule has 2 N–H and O–H groups in total. The summed E-state index contributed by atoms with van der Waals surface area (Å²) in [5.41, 5.74) is 3.29. The van der Waals surface area contributed by atoms with E-state index in [0.29, 0.717) is 11.3 Å². The second kappa shape index (κ2) is 9.70. The summed E-state index contributed by atoms with van der Waals surface area (Å²) in [5, 5.41) is 5.76. The zero-order valence-corrected chi connectivity index (χ0v) is 17.6. The molecule has 154 valence electrons. The number of nitrogens with zero attached hydrogens (tertiary/aromatic N) is 1. The van der Waals surface area contributed by atoms with Gasteiger partial charge >= 0.3 is 0 Å². The van der Waals surface area contributed by atoms with Gasteiger partial charge < -0.3 is 10.6 Å². The van der Waals surface area contributed by atoms with E-state index in [2.05, 4.69) is 34.6 Å². The predicted molar refractivity (Wildman–Crippen MR) is 118 cm³/mol. The molecule has 2 aromatic carbocycles. The number of anilines is 2. The molecule has 0 spiro atoms. The Morgan fingerprint density at radius 3 is 2.07 bits per heavy atom. The van der Waals surface area contributed by atoms with Crippen molar-refractivity contribution in [2.24, 2.45) is 11.8 Å². The van der Waals surface area contributed by atoms with E-state index in [1.165, 1.54) is 18.4 Å². The highest BCUT2D eigenvalue weighted by atomic mass is 16.2. The lowest BCUT2D eigenvalue weighted by atomic mass is 9.99. The summed E-state index contributed by atoms with van der Waals surface area (Å²) in [6.45, 7) is 9.29. The summed E-state index contributed by atoms with van der Waals surface area (Å²) < 4.78 is 0. The quantitative estimate of drug-likeness (QED) is 0.743. The summed E-state index contributed by atoms with van der Waals surface area (Å²) in [5.74, 6) is 0.551. The molecule has 2 amide bonds. The van der Waals surface area contributed by atoms with Crippen molar-refractivity contribution in [2.75, 3.05) is 23.7 Å². The largest absolute Gasteiger partial charge is 0.326 e. The Morgan fingerprint density at radius 2 is 1.48 bits per heavy atom. The Labute approximate surface area is 173 Å². The van der Waals surface area contributed by atoms with E-state index < -0.39 is 0 Å². The Kier molecular flexibility index (Phi) is 7.04. The lowest BCUT2D eigenvalue weighted by Gasteiger charge is -2.30. The minimum Gasteiger partial charge on any atom is -0.326 e. The summed E-state index contributed by atoms with van der Waals surface area (Å²) in [7, 11) is 0. The molecule has 29 heavy (non-hydrogen) atoms. The second-order valence-electron chi connectivity index (χ2n) is 8.33. The lowest BCUT2D eigenvalue weighted by molar-refractivity contribution is -0.118. The van der Waals surface area contributed by atoms with Gasteiger partial charge in [-0.1, -0.05) is 32.9 Å². The van der Waals surface area contributed by atoms with Crippen LogP contribution in [0.1, 0.15) is 49.5 Å². The minimum absolute atomic E-state index is 0.0404. The van der Waals surface area contributed by atoms with Gasteiger partial charge in [-0.25, -0.2) is 0 Å². The summed E-state index contributed by atoms with van der Waals surface area (Å²) in [6.07, 6.45) is 2.54. The van der Waals surface area contributed by atoms with Crippen molar-refractivity contribution in [2.45, 2.75) is 40.2 Å². The summed E-state index contributed by atoms with van der Waals surface area (Å²) >= 11 is 0. The van der Waals surface area contributed by atoms with Gasteiger partial charge in [-0.05, 0) is 73.8 Å². The maximum atomic E-state index is 12.5. The van der Waals surface area contributed by atoms with Crippen molar-refractivity contribution in [1.82, 2.24) is 4.90 Å². The fourth-order valence-electron chi connectivity index (χ4n) is 3.37. The van der Waals surface area contributed by atoms with E-state index in [1.807, 2.05) is 26.0 Å². The molecule has 0 saturated carbocycles. The van der Waals surface area contributed by atoms with Gasteiger partial charge in [0.2, 0.25) is 5.91 Å². The van der Waals surface area contributed by atoms with Crippen molar-refractivity contribution >= 4 is 23.2 Å². The molecular formula is C24H31N3O2. The molecule has 1 saturated heterocycles. The fourth-order valence-corrected chi connectivity index (χ4v) is 3.37. The molecule has 1 heterocycles. The van der Waals surface area contributed by atoms with Gasteiger partial charge in [0, 0.05) is 29.4 Å². The van der Waals surface area contributed by atoms with E-state index in [0.717, 1.165) is 31.2 Å².